The molecule has 1 heterocycles. The van der Waals surface area contributed by atoms with Gasteiger partial charge in [0.25, 0.3) is 5.91 Å². The highest BCUT2D eigenvalue weighted by Crippen LogP contribution is 2.14. The van der Waals surface area contributed by atoms with E-state index in [4.69, 9.17) is 9.84 Å². The molecule has 0 atom stereocenters. The van der Waals surface area contributed by atoms with E-state index in [1.54, 1.807) is 24.3 Å². The van der Waals surface area contributed by atoms with Crippen LogP contribution in [0.1, 0.15) is 24.8 Å². The number of carboxylic acids is 1. The minimum absolute atomic E-state index is 0.0181. The Labute approximate surface area is 123 Å². The van der Waals surface area contributed by atoms with Gasteiger partial charge in [-0.3, -0.25) is 4.79 Å². The molecule has 1 amide bonds. The number of piperidine rings is 1. The van der Waals surface area contributed by atoms with Gasteiger partial charge < -0.3 is 14.7 Å². The Balaban J connectivity index is 1.83. The third kappa shape index (κ3) is 4.95. The van der Waals surface area contributed by atoms with Crippen LogP contribution in [0.25, 0.3) is 6.08 Å². The summed E-state index contributed by atoms with van der Waals surface area (Å²) in [5, 5.41) is 8.54. The Morgan fingerprint density at radius 2 is 1.81 bits per heavy atom. The van der Waals surface area contributed by atoms with Gasteiger partial charge in [-0.2, -0.15) is 0 Å². The lowest BCUT2D eigenvalue weighted by molar-refractivity contribution is -0.134. The van der Waals surface area contributed by atoms with Crippen LogP contribution in [0.4, 0.5) is 0 Å². The van der Waals surface area contributed by atoms with E-state index in [9.17, 15) is 9.59 Å². The second kappa shape index (κ2) is 7.47. The number of ether oxygens (including phenoxy) is 1. The first-order chi connectivity index (χ1) is 10.1. The Morgan fingerprint density at radius 3 is 2.43 bits per heavy atom. The molecule has 1 saturated heterocycles. The summed E-state index contributed by atoms with van der Waals surface area (Å²) in [6.07, 6.45) is 5.91. The number of carboxylic acid groups (broad SMARTS) is 1. The fourth-order valence-corrected chi connectivity index (χ4v) is 2.22. The molecule has 1 aromatic carbocycles. The van der Waals surface area contributed by atoms with Crippen LogP contribution in [-0.2, 0) is 9.59 Å². The predicted octanol–water partition coefficient (Wildman–Crippen LogP) is 2.18. The smallest absolute Gasteiger partial charge is 0.328 e. The molecule has 0 bridgehead atoms. The molecule has 1 aromatic rings. The number of carbonyl (C=O) groups excluding carboxylic acids is 1. The maximum absolute atomic E-state index is 11.9. The first kappa shape index (κ1) is 15.1. The number of nitrogens with zero attached hydrogens (tertiary/aromatic N) is 1. The molecule has 0 aromatic heterocycles. The van der Waals surface area contributed by atoms with Crippen LogP contribution in [-0.4, -0.2) is 41.6 Å². The summed E-state index contributed by atoms with van der Waals surface area (Å²) in [6, 6.07) is 6.95. The SMILES string of the molecule is O=C(O)C=Cc1ccc(OCC(=O)N2CCCCC2)cc1. The number of benzene rings is 1. The van der Waals surface area contributed by atoms with Gasteiger partial charge in [-0.1, -0.05) is 12.1 Å². The van der Waals surface area contributed by atoms with E-state index < -0.39 is 5.97 Å². The highest BCUT2D eigenvalue weighted by molar-refractivity contribution is 5.85. The first-order valence-corrected chi connectivity index (χ1v) is 7.07. The lowest BCUT2D eigenvalue weighted by atomic mass is 10.1. The van der Waals surface area contributed by atoms with Crippen LogP contribution in [0.3, 0.4) is 0 Å². The van der Waals surface area contributed by atoms with Gasteiger partial charge >= 0.3 is 5.97 Å². The number of rotatable bonds is 5. The van der Waals surface area contributed by atoms with Gasteiger partial charge in [0.1, 0.15) is 5.75 Å². The fourth-order valence-electron chi connectivity index (χ4n) is 2.22. The van der Waals surface area contributed by atoms with Gasteiger partial charge in [-0.15, -0.1) is 0 Å². The summed E-state index contributed by atoms with van der Waals surface area (Å²) in [6.45, 7) is 1.69. The van der Waals surface area contributed by atoms with Crippen LogP contribution in [0, 0.1) is 0 Å². The van der Waals surface area contributed by atoms with Crippen LogP contribution < -0.4 is 4.74 Å². The summed E-state index contributed by atoms with van der Waals surface area (Å²) in [5.41, 5.74) is 0.770. The highest BCUT2D eigenvalue weighted by atomic mass is 16.5. The van der Waals surface area contributed by atoms with Crippen LogP contribution in [0.2, 0.25) is 0 Å². The molecule has 5 nitrogen and oxygen atoms in total. The van der Waals surface area contributed by atoms with Crippen molar-refractivity contribution in [3.8, 4) is 5.75 Å². The number of likely N-dealkylation sites (tertiary alicyclic amines) is 1. The largest absolute Gasteiger partial charge is 0.484 e. The predicted molar refractivity (Wildman–Crippen MR) is 79.0 cm³/mol. The lowest BCUT2D eigenvalue weighted by Gasteiger charge is -2.26. The fraction of sp³-hybridized carbons (Fsp3) is 0.375. The third-order valence-electron chi connectivity index (χ3n) is 3.37. The quantitative estimate of drug-likeness (QED) is 0.844. The van der Waals surface area contributed by atoms with Crippen molar-refractivity contribution in [2.24, 2.45) is 0 Å². The molecule has 21 heavy (non-hydrogen) atoms. The standard InChI is InChI=1S/C16H19NO4/c18-15(17-10-2-1-3-11-17)12-21-14-7-4-13(5-8-14)6-9-16(19)20/h4-9H,1-3,10-12H2,(H,19,20). The van der Waals surface area contributed by atoms with Crippen molar-refractivity contribution in [1.29, 1.82) is 0 Å². The number of amides is 1. The maximum Gasteiger partial charge on any atom is 0.328 e. The zero-order chi connectivity index (χ0) is 15.1. The first-order valence-electron chi connectivity index (χ1n) is 7.07. The van der Waals surface area contributed by atoms with Crippen molar-refractivity contribution in [2.75, 3.05) is 19.7 Å². The summed E-state index contributed by atoms with van der Waals surface area (Å²) in [7, 11) is 0. The molecule has 112 valence electrons. The molecule has 1 aliphatic heterocycles. The van der Waals surface area contributed by atoms with Gasteiger partial charge in [0.15, 0.2) is 6.61 Å². The van der Waals surface area contributed by atoms with Crippen molar-refractivity contribution in [2.45, 2.75) is 19.3 Å². The molecular formula is C16H19NO4. The average Bonchev–Trinajstić information content (AvgIpc) is 2.52. The zero-order valence-electron chi connectivity index (χ0n) is 11.8. The van der Waals surface area contributed by atoms with Crippen molar-refractivity contribution in [3.63, 3.8) is 0 Å². The second-order valence-electron chi connectivity index (χ2n) is 4.97. The minimum Gasteiger partial charge on any atom is -0.484 e. The molecule has 1 fully saturated rings. The van der Waals surface area contributed by atoms with E-state index >= 15 is 0 Å². The Bertz CT molecular complexity index is 516. The van der Waals surface area contributed by atoms with E-state index in [1.807, 2.05) is 4.90 Å². The van der Waals surface area contributed by atoms with E-state index in [0.29, 0.717) is 5.75 Å². The van der Waals surface area contributed by atoms with Crippen LogP contribution in [0.15, 0.2) is 30.3 Å². The number of hydrogen-bond acceptors (Lipinski definition) is 3. The van der Waals surface area contributed by atoms with Gasteiger partial charge in [-0.25, -0.2) is 4.79 Å². The van der Waals surface area contributed by atoms with E-state index in [-0.39, 0.29) is 12.5 Å². The zero-order valence-corrected chi connectivity index (χ0v) is 11.8. The van der Waals surface area contributed by atoms with Gasteiger partial charge in [0, 0.05) is 19.2 Å². The van der Waals surface area contributed by atoms with Crippen LogP contribution in [0.5, 0.6) is 5.75 Å². The highest BCUT2D eigenvalue weighted by Gasteiger charge is 2.16. The minimum atomic E-state index is -0.984. The Morgan fingerprint density at radius 1 is 1.14 bits per heavy atom. The molecule has 2 rings (SSSR count). The van der Waals surface area contributed by atoms with Crippen LogP contribution >= 0.6 is 0 Å². The van der Waals surface area contributed by atoms with Gasteiger partial charge in [0.2, 0.25) is 0 Å². The lowest BCUT2D eigenvalue weighted by Crippen LogP contribution is -2.38. The summed E-state index contributed by atoms with van der Waals surface area (Å²) in [4.78, 5) is 24.2. The molecular weight excluding hydrogens is 270 g/mol. The molecule has 0 unspecified atom stereocenters. The Kier molecular flexibility index (Phi) is 5.37. The molecule has 5 heteroatoms. The molecule has 0 spiro atoms. The summed E-state index contributed by atoms with van der Waals surface area (Å²) < 4.78 is 5.47. The van der Waals surface area contributed by atoms with Crippen molar-refractivity contribution in [3.05, 3.63) is 35.9 Å². The molecule has 1 aliphatic rings. The average molecular weight is 289 g/mol. The monoisotopic (exact) mass is 289 g/mol. The van der Waals surface area contributed by atoms with E-state index in [2.05, 4.69) is 0 Å². The molecule has 0 saturated carbocycles. The van der Waals surface area contributed by atoms with E-state index in [1.165, 1.54) is 12.5 Å². The number of carbonyl (C=O) groups is 2. The molecule has 1 N–H and O–H groups in total. The normalized spacial score (nSPS) is 15.1. The molecule has 0 radical (unpaired) electrons. The molecule has 0 aliphatic carbocycles. The second-order valence-corrected chi connectivity index (χ2v) is 4.97. The number of aliphatic carboxylic acids is 1. The van der Waals surface area contributed by atoms with Gasteiger partial charge in [0.05, 0.1) is 0 Å². The summed E-state index contributed by atoms with van der Waals surface area (Å²) >= 11 is 0. The van der Waals surface area contributed by atoms with E-state index in [0.717, 1.165) is 37.6 Å². The van der Waals surface area contributed by atoms with Crippen molar-refractivity contribution < 1.29 is 19.4 Å². The summed E-state index contributed by atoms with van der Waals surface area (Å²) in [5.74, 6) is -0.361. The Hall–Kier alpha value is -2.30. The maximum atomic E-state index is 11.9. The van der Waals surface area contributed by atoms with Crippen molar-refractivity contribution in [1.82, 2.24) is 4.90 Å². The van der Waals surface area contributed by atoms with Crippen molar-refractivity contribution >= 4 is 18.0 Å². The van der Waals surface area contributed by atoms with Gasteiger partial charge in [-0.05, 0) is 43.0 Å². The number of hydrogen-bond donors (Lipinski definition) is 1. The third-order valence-corrected chi connectivity index (χ3v) is 3.37. The topological polar surface area (TPSA) is 66.8 Å².